The molecule has 0 spiro atoms. The maximum absolute atomic E-state index is 5.60. The van der Waals surface area contributed by atoms with Crippen molar-refractivity contribution < 1.29 is 9.47 Å². The Morgan fingerprint density at radius 3 is 2.50 bits per heavy atom. The highest BCUT2D eigenvalue weighted by Crippen LogP contribution is 2.25. The Hall–Kier alpha value is -1.06. The minimum atomic E-state index is -0.000646. The van der Waals surface area contributed by atoms with Gasteiger partial charge in [0.05, 0.1) is 12.7 Å². The lowest BCUT2D eigenvalue weighted by molar-refractivity contribution is -0.0503. The Morgan fingerprint density at radius 1 is 1.31 bits per heavy atom. The zero-order valence-corrected chi connectivity index (χ0v) is 10.2. The third-order valence-electron chi connectivity index (χ3n) is 3.39. The fourth-order valence-corrected chi connectivity index (χ4v) is 2.09. The van der Waals surface area contributed by atoms with Crippen molar-refractivity contribution in [3.63, 3.8) is 0 Å². The number of nitrogens with one attached hydrogen (secondary N) is 1. The highest BCUT2D eigenvalue weighted by Gasteiger charge is 2.37. The first kappa shape index (κ1) is 11.4. The molecule has 88 valence electrons. The predicted octanol–water partition coefficient (Wildman–Crippen LogP) is 1.53. The lowest BCUT2D eigenvalue weighted by Gasteiger charge is -2.41. The van der Waals surface area contributed by atoms with Crippen LogP contribution in [0.25, 0.3) is 0 Å². The molecule has 0 bridgehead atoms. The normalized spacial score (nSPS) is 17.9. The summed E-state index contributed by atoms with van der Waals surface area (Å²) >= 11 is 0. The molecule has 2 rings (SSSR count). The van der Waals surface area contributed by atoms with E-state index in [0.717, 1.165) is 25.3 Å². The largest absolute Gasteiger partial charge is 0.497 e. The van der Waals surface area contributed by atoms with Gasteiger partial charge in [-0.3, -0.25) is 0 Å². The molecule has 0 atom stereocenters. The number of benzene rings is 1. The number of hydrogen-bond acceptors (Lipinski definition) is 3. The van der Waals surface area contributed by atoms with Crippen LogP contribution in [0.5, 0.6) is 5.75 Å². The molecule has 0 radical (unpaired) electrons. The first-order valence-corrected chi connectivity index (χ1v) is 5.58. The second-order valence-electron chi connectivity index (χ2n) is 4.46. The van der Waals surface area contributed by atoms with Crippen LogP contribution in [0.4, 0.5) is 0 Å². The van der Waals surface area contributed by atoms with Crippen LogP contribution in [-0.2, 0) is 11.2 Å². The summed E-state index contributed by atoms with van der Waals surface area (Å²) in [6.45, 7) is 4.00. The summed E-state index contributed by atoms with van der Waals surface area (Å²) in [5.74, 6) is 0.916. The molecular weight excluding hydrogens is 202 g/mol. The third kappa shape index (κ3) is 2.06. The molecule has 1 saturated heterocycles. The Morgan fingerprint density at radius 2 is 2.06 bits per heavy atom. The number of ether oxygens (including phenoxy) is 2. The molecule has 0 saturated carbocycles. The van der Waals surface area contributed by atoms with Crippen LogP contribution in [0.2, 0.25) is 0 Å². The van der Waals surface area contributed by atoms with Crippen molar-refractivity contribution in [2.45, 2.75) is 18.9 Å². The van der Waals surface area contributed by atoms with E-state index in [-0.39, 0.29) is 5.60 Å². The Balaban J connectivity index is 2.15. The molecule has 0 aromatic heterocycles. The van der Waals surface area contributed by atoms with Gasteiger partial charge in [-0.1, -0.05) is 6.07 Å². The summed E-state index contributed by atoms with van der Waals surface area (Å²) in [5, 5.41) is 3.27. The standard InChI is InChI=1S/C13H19NO2/c1-10-6-12(15-2)5-4-11(10)7-13(16-3)8-14-9-13/h4-6,14H,7-9H2,1-3H3. The van der Waals surface area contributed by atoms with Crippen LogP contribution >= 0.6 is 0 Å². The van der Waals surface area contributed by atoms with Gasteiger partial charge < -0.3 is 14.8 Å². The van der Waals surface area contributed by atoms with Crippen molar-refractivity contribution in [3.8, 4) is 5.75 Å². The number of rotatable bonds is 4. The maximum Gasteiger partial charge on any atom is 0.119 e. The van der Waals surface area contributed by atoms with E-state index in [1.165, 1.54) is 11.1 Å². The van der Waals surface area contributed by atoms with Crippen LogP contribution < -0.4 is 10.1 Å². The lowest BCUT2D eigenvalue weighted by Crippen LogP contribution is -2.61. The van der Waals surface area contributed by atoms with Crippen LogP contribution in [-0.4, -0.2) is 32.9 Å². The van der Waals surface area contributed by atoms with Crippen LogP contribution in [0.3, 0.4) is 0 Å². The molecule has 0 unspecified atom stereocenters. The second-order valence-corrected chi connectivity index (χ2v) is 4.46. The van der Waals surface area contributed by atoms with Crippen molar-refractivity contribution in [2.24, 2.45) is 0 Å². The second kappa shape index (κ2) is 4.44. The highest BCUT2D eigenvalue weighted by atomic mass is 16.5. The minimum absolute atomic E-state index is 0.000646. The summed E-state index contributed by atoms with van der Waals surface area (Å²) in [4.78, 5) is 0. The fraction of sp³-hybridized carbons (Fsp3) is 0.538. The molecule has 0 aliphatic carbocycles. The summed E-state index contributed by atoms with van der Waals surface area (Å²) in [6, 6.07) is 6.22. The van der Waals surface area contributed by atoms with Crippen LogP contribution in [0, 0.1) is 6.92 Å². The van der Waals surface area contributed by atoms with Crippen molar-refractivity contribution in [1.82, 2.24) is 5.32 Å². The molecule has 1 N–H and O–H groups in total. The third-order valence-corrected chi connectivity index (χ3v) is 3.39. The predicted molar refractivity (Wildman–Crippen MR) is 64.0 cm³/mol. The SMILES string of the molecule is COc1ccc(CC2(OC)CNC2)c(C)c1. The summed E-state index contributed by atoms with van der Waals surface area (Å²) in [7, 11) is 3.49. The van der Waals surface area contributed by atoms with E-state index in [1.807, 2.05) is 6.07 Å². The minimum Gasteiger partial charge on any atom is -0.497 e. The quantitative estimate of drug-likeness (QED) is 0.836. The molecular formula is C13H19NO2. The first-order valence-electron chi connectivity index (χ1n) is 5.58. The molecule has 1 heterocycles. The van der Waals surface area contributed by atoms with E-state index < -0.39 is 0 Å². The molecule has 1 aromatic carbocycles. The van der Waals surface area contributed by atoms with E-state index in [4.69, 9.17) is 9.47 Å². The summed E-state index contributed by atoms with van der Waals surface area (Å²) in [6.07, 6.45) is 0.965. The maximum atomic E-state index is 5.60. The van der Waals surface area contributed by atoms with Crippen molar-refractivity contribution in [1.29, 1.82) is 0 Å². The van der Waals surface area contributed by atoms with Gasteiger partial charge in [-0.25, -0.2) is 0 Å². The van der Waals surface area contributed by atoms with Crippen molar-refractivity contribution in [2.75, 3.05) is 27.3 Å². The smallest absolute Gasteiger partial charge is 0.119 e. The Kier molecular flexibility index (Phi) is 3.17. The Bertz CT molecular complexity index is 367. The van der Waals surface area contributed by atoms with Gasteiger partial charge in [0.1, 0.15) is 5.75 Å². The van der Waals surface area contributed by atoms with Gasteiger partial charge in [0.25, 0.3) is 0 Å². The van der Waals surface area contributed by atoms with Gasteiger partial charge in [-0.15, -0.1) is 0 Å². The average Bonchev–Trinajstić information content (AvgIpc) is 2.25. The zero-order chi connectivity index (χ0) is 11.6. The number of hydrogen-bond donors (Lipinski definition) is 1. The van der Waals surface area contributed by atoms with Gasteiger partial charge in [0.15, 0.2) is 0 Å². The van der Waals surface area contributed by atoms with Crippen molar-refractivity contribution in [3.05, 3.63) is 29.3 Å². The van der Waals surface area contributed by atoms with Gasteiger partial charge in [0, 0.05) is 26.6 Å². The molecule has 1 aliphatic heterocycles. The molecule has 1 aromatic rings. The number of aryl methyl sites for hydroxylation is 1. The van der Waals surface area contributed by atoms with Crippen LogP contribution in [0.15, 0.2) is 18.2 Å². The van der Waals surface area contributed by atoms with Gasteiger partial charge in [-0.05, 0) is 30.2 Å². The summed E-state index contributed by atoms with van der Waals surface area (Å²) in [5.41, 5.74) is 2.60. The Labute approximate surface area is 96.8 Å². The lowest BCUT2D eigenvalue weighted by atomic mass is 9.87. The molecule has 1 fully saturated rings. The van der Waals surface area contributed by atoms with E-state index in [0.29, 0.717) is 0 Å². The van der Waals surface area contributed by atoms with E-state index in [2.05, 4.69) is 24.4 Å². The first-order chi connectivity index (χ1) is 7.69. The fourth-order valence-electron chi connectivity index (χ4n) is 2.09. The van der Waals surface area contributed by atoms with Gasteiger partial charge in [0.2, 0.25) is 0 Å². The van der Waals surface area contributed by atoms with Gasteiger partial charge in [-0.2, -0.15) is 0 Å². The van der Waals surface area contributed by atoms with Crippen LogP contribution in [0.1, 0.15) is 11.1 Å². The monoisotopic (exact) mass is 221 g/mol. The van der Waals surface area contributed by atoms with E-state index >= 15 is 0 Å². The molecule has 16 heavy (non-hydrogen) atoms. The zero-order valence-electron chi connectivity index (χ0n) is 10.2. The van der Waals surface area contributed by atoms with E-state index in [1.54, 1.807) is 14.2 Å². The highest BCUT2D eigenvalue weighted by molar-refractivity contribution is 5.36. The molecule has 3 nitrogen and oxygen atoms in total. The topological polar surface area (TPSA) is 30.5 Å². The number of methoxy groups -OCH3 is 2. The van der Waals surface area contributed by atoms with Crippen molar-refractivity contribution >= 4 is 0 Å². The van der Waals surface area contributed by atoms with E-state index in [9.17, 15) is 0 Å². The summed E-state index contributed by atoms with van der Waals surface area (Å²) < 4.78 is 10.8. The average molecular weight is 221 g/mol. The van der Waals surface area contributed by atoms with Gasteiger partial charge >= 0.3 is 0 Å². The molecule has 0 amide bonds. The molecule has 1 aliphatic rings. The molecule has 3 heteroatoms.